The first kappa shape index (κ1) is 6.90. The normalized spacial score (nSPS) is 19.7. The Hall–Kier alpha value is -0.780. The van der Waals surface area contributed by atoms with E-state index in [0.717, 1.165) is 11.8 Å². The molecule has 0 bridgehead atoms. The summed E-state index contributed by atoms with van der Waals surface area (Å²) in [6, 6.07) is 10.8. The van der Waals surface area contributed by atoms with Gasteiger partial charge in [0.2, 0.25) is 0 Å². The largest absolute Gasteiger partial charge is 0.0622 e. The third-order valence-electron chi connectivity index (χ3n) is 2.65. The lowest BCUT2D eigenvalue weighted by Gasteiger charge is -2.08. The van der Waals surface area contributed by atoms with E-state index in [-0.39, 0.29) is 0 Å². The third-order valence-corrected chi connectivity index (χ3v) is 2.65. The summed E-state index contributed by atoms with van der Waals surface area (Å²) in [5.74, 6) is 1.77. The van der Waals surface area contributed by atoms with Crippen molar-refractivity contribution < 1.29 is 0 Å². The Morgan fingerprint density at radius 3 is 2.36 bits per heavy atom. The van der Waals surface area contributed by atoms with Crippen LogP contribution in [0.1, 0.15) is 31.2 Å². The quantitative estimate of drug-likeness (QED) is 0.601. The second kappa shape index (κ2) is 2.69. The molecule has 0 heteroatoms. The molecule has 1 aliphatic carbocycles. The summed E-state index contributed by atoms with van der Waals surface area (Å²) in [6.45, 7) is 2.34. The van der Waals surface area contributed by atoms with E-state index in [9.17, 15) is 0 Å². The zero-order valence-corrected chi connectivity index (χ0v) is 6.96. The van der Waals surface area contributed by atoms with Gasteiger partial charge in [0.15, 0.2) is 0 Å². The smallest absolute Gasteiger partial charge is 0.0162 e. The van der Waals surface area contributed by atoms with Crippen LogP contribution in [0.25, 0.3) is 0 Å². The lowest BCUT2D eigenvalue weighted by Crippen LogP contribution is -1.93. The Balaban J connectivity index is 2.15. The van der Waals surface area contributed by atoms with Gasteiger partial charge in [-0.1, -0.05) is 37.3 Å². The molecule has 1 atom stereocenters. The number of hydrogen-bond acceptors (Lipinski definition) is 0. The molecule has 0 amide bonds. The first-order valence-electron chi connectivity index (χ1n) is 4.43. The molecule has 58 valence electrons. The summed E-state index contributed by atoms with van der Waals surface area (Å²) in [5, 5.41) is 0. The van der Waals surface area contributed by atoms with E-state index in [1.165, 1.54) is 18.4 Å². The van der Waals surface area contributed by atoms with Gasteiger partial charge in [0, 0.05) is 0 Å². The van der Waals surface area contributed by atoms with Crippen LogP contribution in [-0.2, 0) is 0 Å². The maximum atomic E-state index is 2.34. The molecule has 0 aromatic heterocycles. The Morgan fingerprint density at radius 2 is 1.82 bits per heavy atom. The molecule has 2 rings (SSSR count). The van der Waals surface area contributed by atoms with Gasteiger partial charge < -0.3 is 0 Å². The number of rotatable bonds is 2. The van der Waals surface area contributed by atoms with Crippen LogP contribution < -0.4 is 0 Å². The van der Waals surface area contributed by atoms with E-state index < -0.39 is 0 Å². The summed E-state index contributed by atoms with van der Waals surface area (Å²) in [4.78, 5) is 0. The molecule has 11 heavy (non-hydrogen) atoms. The molecule has 1 aromatic rings. The fraction of sp³-hybridized carbons (Fsp3) is 0.455. The van der Waals surface area contributed by atoms with Gasteiger partial charge in [0.25, 0.3) is 0 Å². The first-order valence-corrected chi connectivity index (χ1v) is 4.43. The van der Waals surface area contributed by atoms with Gasteiger partial charge >= 0.3 is 0 Å². The van der Waals surface area contributed by atoms with Crippen molar-refractivity contribution in [2.75, 3.05) is 0 Å². The van der Waals surface area contributed by atoms with Gasteiger partial charge in [-0.2, -0.15) is 0 Å². The van der Waals surface area contributed by atoms with Gasteiger partial charge in [-0.15, -0.1) is 0 Å². The second-order valence-electron chi connectivity index (χ2n) is 3.54. The Kier molecular flexibility index (Phi) is 1.69. The minimum atomic E-state index is 0.788. The number of hydrogen-bond donors (Lipinski definition) is 0. The zero-order valence-electron chi connectivity index (χ0n) is 6.96. The lowest BCUT2D eigenvalue weighted by molar-refractivity contribution is 0.664. The molecule has 1 fully saturated rings. The van der Waals surface area contributed by atoms with Gasteiger partial charge in [-0.05, 0) is 30.2 Å². The molecular weight excluding hydrogens is 132 g/mol. The van der Waals surface area contributed by atoms with Crippen LogP contribution in [0.2, 0.25) is 0 Å². The van der Waals surface area contributed by atoms with Crippen LogP contribution >= 0.6 is 0 Å². The molecule has 0 radical (unpaired) electrons. The second-order valence-corrected chi connectivity index (χ2v) is 3.54. The highest BCUT2D eigenvalue weighted by atomic mass is 14.3. The molecule has 0 aliphatic heterocycles. The highest BCUT2D eigenvalue weighted by Crippen LogP contribution is 2.41. The molecule has 1 aliphatic rings. The summed E-state index contributed by atoms with van der Waals surface area (Å²) in [6.07, 6.45) is 2.88. The Morgan fingerprint density at radius 1 is 1.18 bits per heavy atom. The monoisotopic (exact) mass is 146 g/mol. The van der Waals surface area contributed by atoms with Crippen LogP contribution in [0.5, 0.6) is 0 Å². The van der Waals surface area contributed by atoms with Gasteiger partial charge in [0.05, 0.1) is 0 Å². The van der Waals surface area contributed by atoms with E-state index in [0.29, 0.717) is 0 Å². The van der Waals surface area contributed by atoms with Crippen LogP contribution in [0.3, 0.4) is 0 Å². The van der Waals surface area contributed by atoms with Crippen LogP contribution in [0.15, 0.2) is 30.3 Å². The molecule has 1 aromatic carbocycles. The summed E-state index contributed by atoms with van der Waals surface area (Å²) in [5.41, 5.74) is 1.51. The fourth-order valence-corrected chi connectivity index (χ4v) is 1.62. The predicted molar refractivity (Wildman–Crippen MR) is 47.6 cm³/mol. The Bertz CT molecular complexity index is 221. The van der Waals surface area contributed by atoms with Crippen molar-refractivity contribution in [1.29, 1.82) is 0 Å². The predicted octanol–water partition coefficient (Wildman–Crippen LogP) is 3.20. The molecule has 0 saturated heterocycles. The van der Waals surface area contributed by atoms with Gasteiger partial charge in [0.1, 0.15) is 0 Å². The first-order chi connectivity index (χ1) is 5.38. The molecule has 0 unspecified atom stereocenters. The third kappa shape index (κ3) is 1.45. The van der Waals surface area contributed by atoms with Crippen molar-refractivity contribution >= 4 is 0 Å². The lowest BCUT2D eigenvalue weighted by atomic mass is 9.97. The SMILES string of the molecule is C[C@H](c1ccccc1)C1CC1. The van der Waals surface area contributed by atoms with Gasteiger partial charge in [-0.25, -0.2) is 0 Å². The average Bonchev–Trinajstić information content (AvgIpc) is 2.87. The maximum absolute atomic E-state index is 2.34. The standard InChI is InChI=1S/C11H14/c1-9(11-7-8-11)10-5-3-2-4-6-10/h2-6,9,11H,7-8H2,1H3/t9-/m1/s1. The van der Waals surface area contributed by atoms with E-state index in [1.54, 1.807) is 0 Å². The van der Waals surface area contributed by atoms with Crippen molar-refractivity contribution in [1.82, 2.24) is 0 Å². The highest BCUT2D eigenvalue weighted by Gasteiger charge is 2.28. The molecule has 0 nitrogen and oxygen atoms in total. The van der Waals surface area contributed by atoms with E-state index in [2.05, 4.69) is 37.3 Å². The molecular formula is C11H14. The van der Waals surface area contributed by atoms with Crippen LogP contribution in [0.4, 0.5) is 0 Å². The topological polar surface area (TPSA) is 0 Å². The van der Waals surface area contributed by atoms with Crippen molar-refractivity contribution in [3.05, 3.63) is 35.9 Å². The van der Waals surface area contributed by atoms with Crippen molar-refractivity contribution in [3.8, 4) is 0 Å². The zero-order chi connectivity index (χ0) is 7.68. The van der Waals surface area contributed by atoms with E-state index in [4.69, 9.17) is 0 Å². The summed E-state index contributed by atoms with van der Waals surface area (Å²) >= 11 is 0. The average molecular weight is 146 g/mol. The van der Waals surface area contributed by atoms with Crippen molar-refractivity contribution in [3.63, 3.8) is 0 Å². The van der Waals surface area contributed by atoms with Crippen molar-refractivity contribution in [2.45, 2.75) is 25.7 Å². The molecule has 1 saturated carbocycles. The summed E-state index contributed by atoms with van der Waals surface area (Å²) in [7, 11) is 0. The van der Waals surface area contributed by atoms with Crippen LogP contribution in [0, 0.1) is 5.92 Å². The Labute approximate surface area is 68.3 Å². The van der Waals surface area contributed by atoms with Crippen molar-refractivity contribution in [2.24, 2.45) is 5.92 Å². The van der Waals surface area contributed by atoms with E-state index in [1.807, 2.05) is 0 Å². The summed E-state index contributed by atoms with van der Waals surface area (Å²) < 4.78 is 0. The minimum Gasteiger partial charge on any atom is -0.0622 e. The minimum absolute atomic E-state index is 0.788. The highest BCUT2D eigenvalue weighted by molar-refractivity contribution is 5.20. The molecule has 0 N–H and O–H groups in total. The van der Waals surface area contributed by atoms with Gasteiger partial charge in [-0.3, -0.25) is 0 Å². The van der Waals surface area contributed by atoms with E-state index >= 15 is 0 Å². The molecule has 0 heterocycles. The maximum Gasteiger partial charge on any atom is -0.0162 e. The van der Waals surface area contributed by atoms with Crippen LogP contribution in [-0.4, -0.2) is 0 Å². The number of benzene rings is 1. The fourth-order valence-electron chi connectivity index (χ4n) is 1.62. The molecule has 0 spiro atoms.